The van der Waals surface area contributed by atoms with Gasteiger partial charge < -0.3 is 14.5 Å². The summed E-state index contributed by atoms with van der Waals surface area (Å²) in [4.78, 5) is 0. The van der Waals surface area contributed by atoms with E-state index >= 15 is 0 Å². The second-order valence-corrected chi connectivity index (χ2v) is 5.03. The third-order valence-corrected chi connectivity index (χ3v) is 3.24. The SMILES string of the molecule is CCc1nnc(COc2cccc(CNC3CC3)c2)o1. The van der Waals surface area contributed by atoms with Crippen molar-refractivity contribution < 1.29 is 9.15 Å². The summed E-state index contributed by atoms with van der Waals surface area (Å²) in [6.45, 7) is 3.18. The molecule has 0 atom stereocenters. The summed E-state index contributed by atoms with van der Waals surface area (Å²) in [6, 6.07) is 8.81. The Balaban J connectivity index is 1.54. The van der Waals surface area contributed by atoms with Crippen LogP contribution in [0.3, 0.4) is 0 Å². The van der Waals surface area contributed by atoms with Crippen molar-refractivity contribution in [3.8, 4) is 5.75 Å². The highest BCUT2D eigenvalue weighted by molar-refractivity contribution is 5.28. The molecule has 1 saturated carbocycles. The zero-order valence-electron chi connectivity index (χ0n) is 11.6. The molecular weight excluding hydrogens is 254 g/mol. The first kappa shape index (κ1) is 13.1. The van der Waals surface area contributed by atoms with E-state index in [1.807, 2.05) is 25.1 Å². The quantitative estimate of drug-likeness (QED) is 0.839. The number of ether oxygens (including phenoxy) is 1. The molecule has 0 spiro atoms. The van der Waals surface area contributed by atoms with Gasteiger partial charge in [0.1, 0.15) is 5.75 Å². The fraction of sp³-hybridized carbons (Fsp3) is 0.467. The van der Waals surface area contributed by atoms with Crippen LogP contribution in [0.5, 0.6) is 5.75 Å². The number of nitrogens with zero attached hydrogens (tertiary/aromatic N) is 2. The summed E-state index contributed by atoms with van der Waals surface area (Å²) >= 11 is 0. The first-order valence-corrected chi connectivity index (χ1v) is 7.10. The van der Waals surface area contributed by atoms with Gasteiger partial charge in [-0.3, -0.25) is 0 Å². The van der Waals surface area contributed by atoms with Crippen LogP contribution in [-0.4, -0.2) is 16.2 Å². The molecule has 1 aromatic heterocycles. The molecule has 20 heavy (non-hydrogen) atoms. The standard InChI is InChI=1S/C15H19N3O2/c1-2-14-17-18-15(20-14)10-19-13-5-3-4-11(8-13)9-16-12-6-7-12/h3-5,8,12,16H,2,6-7,9-10H2,1H3. The predicted octanol–water partition coefficient (Wildman–Crippen LogP) is 2.46. The Morgan fingerprint density at radius 3 is 2.90 bits per heavy atom. The van der Waals surface area contributed by atoms with Crippen LogP contribution in [0.4, 0.5) is 0 Å². The smallest absolute Gasteiger partial charge is 0.253 e. The van der Waals surface area contributed by atoms with Gasteiger partial charge in [-0.15, -0.1) is 10.2 Å². The van der Waals surface area contributed by atoms with Gasteiger partial charge in [-0.1, -0.05) is 19.1 Å². The Bertz CT molecular complexity index is 564. The largest absolute Gasteiger partial charge is 0.484 e. The lowest BCUT2D eigenvalue weighted by Crippen LogP contribution is -2.15. The molecule has 0 aliphatic heterocycles. The first-order chi connectivity index (χ1) is 9.83. The summed E-state index contributed by atoms with van der Waals surface area (Å²) in [7, 11) is 0. The number of benzene rings is 1. The van der Waals surface area contributed by atoms with Crippen molar-refractivity contribution in [2.24, 2.45) is 0 Å². The molecule has 0 saturated heterocycles. The lowest BCUT2D eigenvalue weighted by molar-refractivity contribution is 0.259. The molecule has 2 aromatic rings. The third-order valence-electron chi connectivity index (χ3n) is 3.24. The van der Waals surface area contributed by atoms with Gasteiger partial charge in [-0.2, -0.15) is 0 Å². The minimum absolute atomic E-state index is 0.312. The highest BCUT2D eigenvalue weighted by Crippen LogP contribution is 2.20. The van der Waals surface area contributed by atoms with Crippen LogP contribution in [0, 0.1) is 0 Å². The molecule has 0 amide bonds. The van der Waals surface area contributed by atoms with Crippen LogP contribution in [0.15, 0.2) is 28.7 Å². The van der Waals surface area contributed by atoms with Crippen molar-refractivity contribution in [1.82, 2.24) is 15.5 Å². The molecule has 3 rings (SSSR count). The number of nitrogens with one attached hydrogen (secondary N) is 1. The number of hydrogen-bond acceptors (Lipinski definition) is 5. The summed E-state index contributed by atoms with van der Waals surface area (Å²) in [6.07, 6.45) is 3.34. The minimum Gasteiger partial charge on any atom is -0.484 e. The maximum Gasteiger partial charge on any atom is 0.253 e. The van der Waals surface area contributed by atoms with Crippen LogP contribution in [0.25, 0.3) is 0 Å². The fourth-order valence-corrected chi connectivity index (χ4v) is 1.93. The average molecular weight is 273 g/mol. The van der Waals surface area contributed by atoms with Crippen molar-refractivity contribution in [3.63, 3.8) is 0 Å². The molecular formula is C15H19N3O2. The van der Waals surface area contributed by atoms with Gasteiger partial charge in [0.2, 0.25) is 5.89 Å². The van der Waals surface area contributed by atoms with Crippen molar-refractivity contribution >= 4 is 0 Å². The molecule has 5 nitrogen and oxygen atoms in total. The molecule has 1 fully saturated rings. The van der Waals surface area contributed by atoms with Gasteiger partial charge >= 0.3 is 0 Å². The molecule has 0 radical (unpaired) electrons. The number of rotatable bonds is 7. The van der Waals surface area contributed by atoms with Gasteiger partial charge in [0.15, 0.2) is 6.61 Å². The highest BCUT2D eigenvalue weighted by atomic mass is 16.5. The van der Waals surface area contributed by atoms with Gasteiger partial charge in [-0.05, 0) is 30.5 Å². The summed E-state index contributed by atoms with van der Waals surface area (Å²) < 4.78 is 11.1. The molecule has 1 aliphatic carbocycles. The second-order valence-electron chi connectivity index (χ2n) is 5.03. The van der Waals surface area contributed by atoms with Crippen molar-refractivity contribution in [2.75, 3.05) is 0 Å². The maximum atomic E-state index is 5.69. The molecule has 1 N–H and O–H groups in total. The zero-order chi connectivity index (χ0) is 13.8. The second kappa shape index (κ2) is 6.05. The maximum absolute atomic E-state index is 5.69. The van der Waals surface area contributed by atoms with E-state index in [4.69, 9.17) is 9.15 Å². The van der Waals surface area contributed by atoms with E-state index in [0.717, 1.165) is 18.7 Å². The van der Waals surface area contributed by atoms with E-state index in [2.05, 4.69) is 21.6 Å². The molecule has 1 aliphatic rings. The van der Waals surface area contributed by atoms with Crippen LogP contribution >= 0.6 is 0 Å². The van der Waals surface area contributed by atoms with Gasteiger partial charge in [-0.25, -0.2) is 0 Å². The Morgan fingerprint density at radius 1 is 1.30 bits per heavy atom. The van der Waals surface area contributed by atoms with E-state index in [1.54, 1.807) is 0 Å². The molecule has 1 heterocycles. The average Bonchev–Trinajstić information content (AvgIpc) is 3.20. The zero-order valence-corrected chi connectivity index (χ0v) is 11.6. The Kier molecular flexibility index (Phi) is 3.97. The molecule has 0 bridgehead atoms. The van der Waals surface area contributed by atoms with E-state index in [0.29, 0.717) is 24.4 Å². The van der Waals surface area contributed by atoms with Gasteiger partial charge in [0.25, 0.3) is 5.89 Å². The lowest BCUT2D eigenvalue weighted by Gasteiger charge is -2.07. The Morgan fingerprint density at radius 2 is 2.15 bits per heavy atom. The molecule has 106 valence electrons. The predicted molar refractivity (Wildman–Crippen MR) is 74.3 cm³/mol. The van der Waals surface area contributed by atoms with E-state index in [-0.39, 0.29) is 0 Å². The molecule has 1 aromatic carbocycles. The summed E-state index contributed by atoms with van der Waals surface area (Å²) in [5.41, 5.74) is 1.23. The minimum atomic E-state index is 0.312. The van der Waals surface area contributed by atoms with E-state index in [1.165, 1.54) is 18.4 Å². The number of aryl methyl sites for hydroxylation is 1. The molecule has 0 unspecified atom stereocenters. The number of hydrogen-bond donors (Lipinski definition) is 1. The topological polar surface area (TPSA) is 60.2 Å². The Hall–Kier alpha value is -1.88. The Labute approximate surface area is 118 Å². The fourth-order valence-electron chi connectivity index (χ4n) is 1.93. The van der Waals surface area contributed by atoms with Crippen molar-refractivity contribution in [3.05, 3.63) is 41.6 Å². The lowest BCUT2D eigenvalue weighted by atomic mass is 10.2. The van der Waals surface area contributed by atoms with Crippen LogP contribution in [0.2, 0.25) is 0 Å². The summed E-state index contributed by atoms with van der Waals surface area (Å²) in [5, 5.41) is 11.3. The molecule has 5 heteroatoms. The van der Waals surface area contributed by atoms with E-state index < -0.39 is 0 Å². The van der Waals surface area contributed by atoms with Crippen LogP contribution < -0.4 is 10.1 Å². The van der Waals surface area contributed by atoms with Crippen molar-refractivity contribution in [2.45, 2.75) is 45.4 Å². The summed E-state index contributed by atoms with van der Waals surface area (Å²) in [5.74, 6) is 1.99. The highest BCUT2D eigenvalue weighted by Gasteiger charge is 2.19. The van der Waals surface area contributed by atoms with Crippen molar-refractivity contribution in [1.29, 1.82) is 0 Å². The van der Waals surface area contributed by atoms with Gasteiger partial charge in [0, 0.05) is 19.0 Å². The van der Waals surface area contributed by atoms with E-state index in [9.17, 15) is 0 Å². The van der Waals surface area contributed by atoms with Crippen LogP contribution in [-0.2, 0) is 19.6 Å². The first-order valence-electron chi connectivity index (χ1n) is 7.10. The number of aromatic nitrogens is 2. The monoisotopic (exact) mass is 273 g/mol. The van der Waals surface area contributed by atoms with Gasteiger partial charge in [0.05, 0.1) is 0 Å². The van der Waals surface area contributed by atoms with Crippen LogP contribution in [0.1, 0.15) is 37.1 Å². The normalized spacial score (nSPS) is 14.4. The third kappa shape index (κ3) is 3.57.